The summed E-state index contributed by atoms with van der Waals surface area (Å²) in [6.07, 6.45) is 2.95. The van der Waals surface area contributed by atoms with Crippen LogP contribution in [0.4, 0.5) is 5.69 Å². The van der Waals surface area contributed by atoms with Crippen molar-refractivity contribution in [1.82, 2.24) is 5.32 Å². The monoisotopic (exact) mass is 386 g/mol. The third-order valence-corrected chi connectivity index (χ3v) is 5.33. The van der Waals surface area contributed by atoms with Gasteiger partial charge in [-0.3, -0.25) is 9.52 Å². The Labute approximate surface area is 161 Å². The number of hydrogen-bond acceptors (Lipinski definition) is 3. The minimum atomic E-state index is -3.43. The average Bonchev–Trinajstić information content (AvgIpc) is 3.44. The molecule has 0 aliphatic heterocycles. The van der Waals surface area contributed by atoms with Crippen LogP contribution in [0.3, 0.4) is 0 Å². The summed E-state index contributed by atoms with van der Waals surface area (Å²) in [5.74, 6) is 0.498. The van der Waals surface area contributed by atoms with Gasteiger partial charge >= 0.3 is 0 Å². The number of para-hydroxylation sites is 1. The predicted octanol–water partition coefficient (Wildman–Crippen LogP) is 3.80. The van der Waals surface area contributed by atoms with E-state index >= 15 is 0 Å². The molecular formula is C21H26N2O3S. The highest BCUT2D eigenvalue weighted by Gasteiger charge is 2.32. The summed E-state index contributed by atoms with van der Waals surface area (Å²) < 4.78 is 26.1. The molecule has 5 nitrogen and oxygen atoms in total. The fraction of sp³-hybridized carbons (Fsp3) is 0.381. The normalized spacial score (nSPS) is 15.4. The van der Waals surface area contributed by atoms with Crippen LogP contribution in [0.25, 0.3) is 0 Å². The molecular weight excluding hydrogens is 360 g/mol. The molecule has 2 N–H and O–H groups in total. The lowest BCUT2D eigenvalue weighted by Crippen LogP contribution is -2.31. The van der Waals surface area contributed by atoms with Gasteiger partial charge in [0, 0.05) is 11.5 Å². The Kier molecular flexibility index (Phi) is 5.56. The number of rotatable bonds is 7. The zero-order valence-electron chi connectivity index (χ0n) is 15.9. The fourth-order valence-electron chi connectivity index (χ4n) is 3.06. The van der Waals surface area contributed by atoms with E-state index in [1.165, 1.54) is 5.56 Å². The molecule has 1 unspecified atom stereocenters. The van der Waals surface area contributed by atoms with E-state index < -0.39 is 16.1 Å². The summed E-state index contributed by atoms with van der Waals surface area (Å²) in [5.41, 5.74) is 3.35. The smallest absolute Gasteiger partial charge is 0.229 e. The van der Waals surface area contributed by atoms with E-state index in [0.29, 0.717) is 11.6 Å². The molecule has 6 heteroatoms. The van der Waals surface area contributed by atoms with Gasteiger partial charge in [-0.05, 0) is 36.0 Å². The van der Waals surface area contributed by atoms with E-state index in [0.717, 1.165) is 30.2 Å². The van der Waals surface area contributed by atoms with Gasteiger partial charge in [0.15, 0.2) is 0 Å². The molecule has 0 saturated heterocycles. The van der Waals surface area contributed by atoms with E-state index in [4.69, 9.17) is 0 Å². The van der Waals surface area contributed by atoms with Crippen molar-refractivity contribution in [3.05, 3.63) is 65.2 Å². The molecule has 1 fully saturated rings. The molecule has 2 aromatic rings. The Balaban J connectivity index is 2.00. The zero-order chi connectivity index (χ0) is 19.6. The third-order valence-electron chi connectivity index (χ3n) is 4.74. The molecule has 1 saturated carbocycles. The van der Waals surface area contributed by atoms with Gasteiger partial charge in [-0.25, -0.2) is 8.42 Å². The van der Waals surface area contributed by atoms with Crippen LogP contribution in [0.1, 0.15) is 55.3 Å². The van der Waals surface area contributed by atoms with E-state index in [-0.39, 0.29) is 11.8 Å². The number of sulfonamides is 1. The molecule has 0 radical (unpaired) electrons. The number of benzene rings is 2. The predicted molar refractivity (Wildman–Crippen MR) is 108 cm³/mol. The van der Waals surface area contributed by atoms with E-state index in [1.807, 2.05) is 24.3 Å². The van der Waals surface area contributed by atoms with Gasteiger partial charge in [0.05, 0.1) is 18.0 Å². The van der Waals surface area contributed by atoms with Crippen LogP contribution in [-0.2, 0) is 14.8 Å². The van der Waals surface area contributed by atoms with E-state index in [2.05, 4.69) is 36.0 Å². The maximum Gasteiger partial charge on any atom is 0.229 e. The summed E-state index contributed by atoms with van der Waals surface area (Å²) in [6.45, 7) is 4.26. The number of amides is 1. The second-order valence-corrected chi connectivity index (χ2v) is 9.25. The van der Waals surface area contributed by atoms with Gasteiger partial charge in [-0.15, -0.1) is 0 Å². The first-order valence-corrected chi connectivity index (χ1v) is 11.1. The quantitative estimate of drug-likeness (QED) is 0.760. The van der Waals surface area contributed by atoms with Crippen LogP contribution >= 0.6 is 0 Å². The highest BCUT2D eigenvalue weighted by molar-refractivity contribution is 7.92. The van der Waals surface area contributed by atoms with Crippen LogP contribution in [0.5, 0.6) is 0 Å². The van der Waals surface area contributed by atoms with Crippen molar-refractivity contribution in [1.29, 1.82) is 0 Å². The minimum Gasteiger partial charge on any atom is -0.345 e. The third kappa shape index (κ3) is 5.10. The van der Waals surface area contributed by atoms with Crippen LogP contribution in [0, 0.1) is 5.92 Å². The van der Waals surface area contributed by atoms with Crippen LogP contribution < -0.4 is 10.0 Å². The Hall–Kier alpha value is -2.34. The summed E-state index contributed by atoms with van der Waals surface area (Å²) >= 11 is 0. The van der Waals surface area contributed by atoms with Crippen molar-refractivity contribution in [2.75, 3.05) is 11.0 Å². The van der Waals surface area contributed by atoms with Crippen LogP contribution in [-0.4, -0.2) is 20.6 Å². The van der Waals surface area contributed by atoms with E-state index in [9.17, 15) is 13.2 Å². The molecule has 0 spiro atoms. The molecule has 0 heterocycles. The van der Waals surface area contributed by atoms with Crippen molar-refractivity contribution < 1.29 is 13.2 Å². The molecule has 1 aliphatic rings. The SMILES string of the molecule is CC(C)c1ccc(C(NC(=O)C2CC2)c2ccccc2NS(C)(=O)=O)cc1. The van der Waals surface area contributed by atoms with Gasteiger partial charge in [0.1, 0.15) is 0 Å². The molecule has 1 amide bonds. The van der Waals surface area contributed by atoms with Crippen molar-refractivity contribution in [2.24, 2.45) is 5.92 Å². The Morgan fingerprint density at radius 2 is 1.59 bits per heavy atom. The number of carbonyl (C=O) groups is 1. The zero-order valence-corrected chi connectivity index (χ0v) is 16.7. The average molecular weight is 387 g/mol. The molecule has 144 valence electrons. The molecule has 3 rings (SSSR count). The lowest BCUT2D eigenvalue weighted by Gasteiger charge is -2.23. The fourth-order valence-corrected chi connectivity index (χ4v) is 3.65. The van der Waals surface area contributed by atoms with Gasteiger partial charge in [0.2, 0.25) is 15.9 Å². The summed E-state index contributed by atoms with van der Waals surface area (Å²) in [7, 11) is -3.43. The Morgan fingerprint density at radius 1 is 1.00 bits per heavy atom. The van der Waals surface area contributed by atoms with Crippen molar-refractivity contribution >= 4 is 21.6 Å². The minimum absolute atomic E-state index is 0.0158. The summed E-state index contributed by atoms with van der Waals surface area (Å²) in [6, 6.07) is 14.9. The number of hydrogen-bond donors (Lipinski definition) is 2. The highest BCUT2D eigenvalue weighted by Crippen LogP contribution is 2.33. The second-order valence-electron chi connectivity index (χ2n) is 7.50. The van der Waals surface area contributed by atoms with E-state index in [1.54, 1.807) is 12.1 Å². The Morgan fingerprint density at radius 3 is 2.15 bits per heavy atom. The first-order valence-electron chi connectivity index (χ1n) is 9.21. The van der Waals surface area contributed by atoms with Crippen molar-refractivity contribution in [3.8, 4) is 0 Å². The first kappa shape index (κ1) is 19.4. The van der Waals surface area contributed by atoms with Gasteiger partial charge in [0.25, 0.3) is 0 Å². The number of nitrogens with one attached hydrogen (secondary N) is 2. The highest BCUT2D eigenvalue weighted by atomic mass is 32.2. The van der Waals surface area contributed by atoms with Gasteiger partial charge in [-0.2, -0.15) is 0 Å². The molecule has 0 bridgehead atoms. The largest absolute Gasteiger partial charge is 0.345 e. The standard InChI is InChI=1S/C21H26N2O3S/c1-14(2)15-8-10-16(11-9-15)20(22-21(24)17-12-13-17)18-6-4-5-7-19(18)23-27(3,25)26/h4-11,14,17,20,23H,12-13H2,1-3H3,(H,22,24). The maximum atomic E-state index is 12.5. The second kappa shape index (κ2) is 7.72. The molecule has 1 atom stereocenters. The maximum absolute atomic E-state index is 12.5. The first-order chi connectivity index (χ1) is 12.7. The lowest BCUT2D eigenvalue weighted by atomic mass is 9.94. The Bertz CT molecular complexity index is 917. The molecule has 0 aromatic heterocycles. The van der Waals surface area contributed by atoms with Crippen LogP contribution in [0.2, 0.25) is 0 Å². The van der Waals surface area contributed by atoms with Crippen molar-refractivity contribution in [2.45, 2.75) is 38.6 Å². The molecule has 2 aromatic carbocycles. The lowest BCUT2D eigenvalue weighted by molar-refractivity contribution is -0.122. The van der Waals surface area contributed by atoms with Crippen molar-refractivity contribution in [3.63, 3.8) is 0 Å². The summed E-state index contributed by atoms with van der Waals surface area (Å²) in [5, 5.41) is 3.11. The van der Waals surface area contributed by atoms with Gasteiger partial charge in [-0.1, -0.05) is 56.3 Å². The van der Waals surface area contributed by atoms with Crippen LogP contribution in [0.15, 0.2) is 48.5 Å². The van der Waals surface area contributed by atoms with Gasteiger partial charge < -0.3 is 5.32 Å². The topological polar surface area (TPSA) is 75.3 Å². The molecule has 27 heavy (non-hydrogen) atoms. The summed E-state index contributed by atoms with van der Waals surface area (Å²) in [4.78, 5) is 12.5. The number of anilines is 1. The number of carbonyl (C=O) groups excluding carboxylic acids is 1. The molecule has 1 aliphatic carbocycles.